The van der Waals surface area contributed by atoms with Gasteiger partial charge in [0.2, 0.25) is 0 Å². The lowest BCUT2D eigenvalue weighted by Crippen LogP contribution is -2.39. The maximum atomic E-state index is 12.8. The SMILES string of the molecule is COc1cccc2c1CCNC2C(F)(F)F.Cl. The highest BCUT2D eigenvalue weighted by Gasteiger charge is 2.43. The van der Waals surface area contributed by atoms with Crippen LogP contribution in [-0.2, 0) is 6.42 Å². The summed E-state index contributed by atoms with van der Waals surface area (Å²) in [5.74, 6) is 0.535. The number of ether oxygens (including phenoxy) is 1. The summed E-state index contributed by atoms with van der Waals surface area (Å²) in [6, 6.07) is 3.20. The Balaban J connectivity index is 0.00000144. The first-order chi connectivity index (χ1) is 7.54. The zero-order valence-corrected chi connectivity index (χ0v) is 9.99. The fourth-order valence-electron chi connectivity index (χ4n) is 2.06. The van der Waals surface area contributed by atoms with Crippen LogP contribution in [-0.4, -0.2) is 19.8 Å². The molecule has 1 aliphatic rings. The van der Waals surface area contributed by atoms with Crippen LogP contribution in [0.1, 0.15) is 17.2 Å². The summed E-state index contributed by atoms with van der Waals surface area (Å²) in [5.41, 5.74) is 0.934. The van der Waals surface area contributed by atoms with Crippen LogP contribution >= 0.6 is 12.4 Å². The van der Waals surface area contributed by atoms with Crippen molar-refractivity contribution in [1.82, 2.24) is 5.32 Å². The van der Waals surface area contributed by atoms with Crippen molar-refractivity contribution in [2.75, 3.05) is 13.7 Å². The van der Waals surface area contributed by atoms with Gasteiger partial charge in [0.05, 0.1) is 7.11 Å². The van der Waals surface area contributed by atoms with Gasteiger partial charge in [-0.25, -0.2) is 0 Å². The van der Waals surface area contributed by atoms with E-state index >= 15 is 0 Å². The number of halogens is 4. The Labute approximate surface area is 104 Å². The Kier molecular flexibility index (Phi) is 4.27. The topological polar surface area (TPSA) is 21.3 Å². The lowest BCUT2D eigenvalue weighted by Gasteiger charge is -2.29. The van der Waals surface area contributed by atoms with Crippen LogP contribution in [0.3, 0.4) is 0 Å². The largest absolute Gasteiger partial charge is 0.496 e. The van der Waals surface area contributed by atoms with Gasteiger partial charge in [-0.1, -0.05) is 12.1 Å². The summed E-state index contributed by atoms with van der Waals surface area (Å²) in [7, 11) is 1.47. The second kappa shape index (κ2) is 5.14. The smallest absolute Gasteiger partial charge is 0.407 e. The number of alkyl halides is 3. The van der Waals surface area contributed by atoms with Crippen LogP contribution < -0.4 is 10.1 Å². The number of nitrogens with one attached hydrogen (secondary N) is 1. The third-order valence-electron chi connectivity index (χ3n) is 2.75. The molecule has 17 heavy (non-hydrogen) atoms. The van der Waals surface area contributed by atoms with E-state index in [1.165, 1.54) is 13.2 Å². The second-order valence-electron chi connectivity index (χ2n) is 3.71. The summed E-state index contributed by atoms with van der Waals surface area (Å²) < 4.78 is 43.3. The number of fused-ring (bicyclic) bond motifs is 1. The number of hydrogen-bond acceptors (Lipinski definition) is 2. The highest BCUT2D eigenvalue weighted by Crippen LogP contribution is 2.39. The van der Waals surface area contributed by atoms with Gasteiger partial charge in [-0.3, -0.25) is 0 Å². The van der Waals surface area contributed by atoms with Crippen LogP contribution in [0.2, 0.25) is 0 Å². The average Bonchev–Trinajstić information content (AvgIpc) is 2.26. The standard InChI is InChI=1S/C11H12F3NO.ClH/c1-16-9-4-2-3-8-7(9)5-6-15-10(8)11(12,13)14;/h2-4,10,15H,5-6H2,1H3;1H. The Morgan fingerprint density at radius 1 is 1.35 bits per heavy atom. The van der Waals surface area contributed by atoms with Gasteiger partial charge in [-0.05, 0) is 18.1 Å². The van der Waals surface area contributed by atoms with Gasteiger partial charge in [0.15, 0.2) is 0 Å². The van der Waals surface area contributed by atoms with E-state index in [2.05, 4.69) is 5.32 Å². The summed E-state index contributed by atoms with van der Waals surface area (Å²) >= 11 is 0. The van der Waals surface area contributed by atoms with Crippen molar-refractivity contribution in [2.24, 2.45) is 0 Å². The fourth-order valence-corrected chi connectivity index (χ4v) is 2.06. The minimum absolute atomic E-state index is 0. The van der Waals surface area contributed by atoms with E-state index in [1.807, 2.05) is 0 Å². The maximum absolute atomic E-state index is 12.8. The predicted octanol–water partition coefficient (Wildman–Crippen LogP) is 2.87. The van der Waals surface area contributed by atoms with Gasteiger partial charge in [0, 0.05) is 12.1 Å². The van der Waals surface area contributed by atoms with E-state index in [0.717, 1.165) is 0 Å². The molecule has 0 aromatic heterocycles. The van der Waals surface area contributed by atoms with Crippen molar-refractivity contribution in [1.29, 1.82) is 0 Å². The molecule has 1 aromatic carbocycles. The average molecular weight is 268 g/mol. The van der Waals surface area contributed by atoms with Crippen molar-refractivity contribution in [3.8, 4) is 5.75 Å². The van der Waals surface area contributed by atoms with Crippen LogP contribution in [0.5, 0.6) is 5.75 Å². The lowest BCUT2D eigenvalue weighted by atomic mass is 9.93. The Bertz CT molecular complexity index is 395. The molecule has 2 rings (SSSR count). The van der Waals surface area contributed by atoms with E-state index in [4.69, 9.17) is 4.74 Å². The summed E-state index contributed by atoms with van der Waals surface area (Å²) in [4.78, 5) is 0. The first-order valence-electron chi connectivity index (χ1n) is 5.00. The number of benzene rings is 1. The molecule has 0 saturated heterocycles. The summed E-state index contributed by atoms with van der Waals surface area (Å²) in [6.45, 7) is 0.317. The zero-order valence-electron chi connectivity index (χ0n) is 9.17. The first kappa shape index (κ1) is 14.1. The molecule has 0 radical (unpaired) electrons. The number of methoxy groups -OCH3 is 1. The molecular weight excluding hydrogens is 255 g/mol. The number of rotatable bonds is 1. The molecular formula is C11H13ClF3NO. The van der Waals surface area contributed by atoms with Gasteiger partial charge in [-0.2, -0.15) is 13.2 Å². The van der Waals surface area contributed by atoms with Crippen LogP contribution in [0.25, 0.3) is 0 Å². The Morgan fingerprint density at radius 3 is 2.65 bits per heavy atom. The second-order valence-corrected chi connectivity index (χ2v) is 3.71. The summed E-state index contributed by atoms with van der Waals surface area (Å²) in [6.07, 6.45) is -3.70. The normalized spacial score (nSPS) is 19.2. The van der Waals surface area contributed by atoms with Crippen LogP contribution in [0, 0.1) is 0 Å². The Morgan fingerprint density at radius 2 is 2.06 bits per heavy atom. The van der Waals surface area contributed by atoms with Crippen molar-refractivity contribution in [2.45, 2.75) is 18.6 Å². The zero-order chi connectivity index (χ0) is 11.8. The molecule has 1 heterocycles. The van der Waals surface area contributed by atoms with Gasteiger partial charge in [0.1, 0.15) is 11.8 Å². The van der Waals surface area contributed by atoms with Crippen molar-refractivity contribution < 1.29 is 17.9 Å². The highest BCUT2D eigenvalue weighted by atomic mass is 35.5. The fraction of sp³-hybridized carbons (Fsp3) is 0.455. The lowest BCUT2D eigenvalue weighted by molar-refractivity contribution is -0.158. The van der Waals surface area contributed by atoms with Gasteiger partial charge < -0.3 is 10.1 Å². The summed E-state index contributed by atoms with van der Waals surface area (Å²) in [5, 5.41) is 2.49. The Hall–Kier alpha value is -0.940. The molecule has 96 valence electrons. The van der Waals surface area contributed by atoms with Gasteiger partial charge in [0.25, 0.3) is 0 Å². The maximum Gasteiger partial charge on any atom is 0.407 e. The molecule has 1 aliphatic heterocycles. The van der Waals surface area contributed by atoms with Gasteiger partial charge in [-0.15, -0.1) is 12.4 Å². The molecule has 0 spiro atoms. The quantitative estimate of drug-likeness (QED) is 0.845. The van der Waals surface area contributed by atoms with E-state index in [9.17, 15) is 13.2 Å². The van der Waals surface area contributed by atoms with E-state index in [-0.39, 0.29) is 18.0 Å². The molecule has 1 unspecified atom stereocenters. The van der Waals surface area contributed by atoms with Crippen LogP contribution in [0.4, 0.5) is 13.2 Å². The van der Waals surface area contributed by atoms with Crippen molar-refractivity contribution >= 4 is 12.4 Å². The van der Waals surface area contributed by atoms with E-state index in [0.29, 0.717) is 24.3 Å². The van der Waals surface area contributed by atoms with Crippen LogP contribution in [0.15, 0.2) is 18.2 Å². The first-order valence-corrected chi connectivity index (χ1v) is 5.00. The van der Waals surface area contributed by atoms with E-state index < -0.39 is 12.2 Å². The minimum Gasteiger partial charge on any atom is -0.496 e. The van der Waals surface area contributed by atoms with Gasteiger partial charge >= 0.3 is 6.18 Å². The monoisotopic (exact) mass is 267 g/mol. The molecule has 6 heteroatoms. The third kappa shape index (κ3) is 2.66. The molecule has 2 nitrogen and oxygen atoms in total. The molecule has 0 saturated carbocycles. The van der Waals surface area contributed by atoms with Crippen molar-refractivity contribution in [3.63, 3.8) is 0 Å². The molecule has 1 aromatic rings. The molecule has 0 aliphatic carbocycles. The predicted molar refractivity (Wildman–Crippen MR) is 60.7 cm³/mol. The minimum atomic E-state index is -4.26. The third-order valence-corrected chi connectivity index (χ3v) is 2.75. The molecule has 0 amide bonds. The molecule has 1 N–H and O–H groups in total. The highest BCUT2D eigenvalue weighted by molar-refractivity contribution is 5.85. The van der Waals surface area contributed by atoms with Crippen molar-refractivity contribution in [3.05, 3.63) is 29.3 Å². The molecule has 0 fully saturated rings. The molecule has 1 atom stereocenters. The number of hydrogen-bond donors (Lipinski definition) is 1. The van der Waals surface area contributed by atoms with E-state index in [1.54, 1.807) is 12.1 Å². The molecule has 0 bridgehead atoms.